The van der Waals surface area contributed by atoms with Gasteiger partial charge in [-0.25, -0.2) is 0 Å². The van der Waals surface area contributed by atoms with Crippen LogP contribution in [0.5, 0.6) is 0 Å². The van der Waals surface area contributed by atoms with Crippen LogP contribution in [0.3, 0.4) is 0 Å². The molecule has 3 rings (SSSR count). The molecule has 0 atom stereocenters. The van der Waals surface area contributed by atoms with E-state index in [9.17, 15) is 0 Å². The van der Waals surface area contributed by atoms with E-state index >= 15 is 0 Å². The summed E-state index contributed by atoms with van der Waals surface area (Å²) in [5, 5.41) is 3.73. The summed E-state index contributed by atoms with van der Waals surface area (Å²) in [5.74, 6) is 0. The lowest BCUT2D eigenvalue weighted by molar-refractivity contribution is 0.528. The average molecular weight is 241 g/mol. The lowest BCUT2D eigenvalue weighted by Crippen LogP contribution is -2.30. The predicted octanol–water partition coefficient (Wildman–Crippen LogP) is 3.63. The van der Waals surface area contributed by atoms with Crippen LogP contribution in [0.1, 0.15) is 43.2 Å². The largest absolute Gasteiger partial charge is 0.313 e. The highest BCUT2D eigenvalue weighted by atomic mass is 14.9. The summed E-state index contributed by atoms with van der Waals surface area (Å²) in [4.78, 5) is 0. The minimum Gasteiger partial charge on any atom is -0.313 e. The van der Waals surface area contributed by atoms with Crippen molar-refractivity contribution in [3.8, 4) is 0 Å². The van der Waals surface area contributed by atoms with Gasteiger partial charge in [-0.05, 0) is 62.6 Å². The number of hydrogen-bond donors (Lipinski definition) is 1. The second-order valence-electron chi connectivity index (χ2n) is 5.69. The van der Waals surface area contributed by atoms with Gasteiger partial charge in [-0.3, -0.25) is 0 Å². The molecule has 0 aromatic heterocycles. The molecule has 0 amide bonds. The van der Waals surface area contributed by atoms with Crippen LogP contribution in [-0.2, 0) is 12.8 Å². The molecule has 2 aliphatic rings. The maximum Gasteiger partial charge on any atom is 0.0148 e. The van der Waals surface area contributed by atoms with Gasteiger partial charge in [0.1, 0.15) is 0 Å². The van der Waals surface area contributed by atoms with Gasteiger partial charge in [0.2, 0.25) is 0 Å². The summed E-state index contributed by atoms with van der Waals surface area (Å²) in [7, 11) is 0. The lowest BCUT2D eigenvalue weighted by atomic mass is 9.97. The van der Waals surface area contributed by atoms with Crippen LogP contribution >= 0.6 is 0 Å². The first kappa shape index (κ1) is 12.0. The molecule has 0 saturated carbocycles. The average Bonchev–Trinajstić information content (AvgIpc) is 2.82. The molecule has 1 N–H and O–H groups in total. The van der Waals surface area contributed by atoms with E-state index < -0.39 is 0 Å². The van der Waals surface area contributed by atoms with Gasteiger partial charge in [0, 0.05) is 6.04 Å². The minimum absolute atomic E-state index is 0.673. The highest BCUT2D eigenvalue weighted by Crippen LogP contribution is 2.22. The van der Waals surface area contributed by atoms with Crippen molar-refractivity contribution in [2.45, 2.75) is 51.0 Å². The van der Waals surface area contributed by atoms with Crippen molar-refractivity contribution in [2.75, 3.05) is 6.54 Å². The van der Waals surface area contributed by atoms with Gasteiger partial charge in [0.05, 0.1) is 0 Å². The first-order chi connectivity index (χ1) is 8.92. The van der Waals surface area contributed by atoms with E-state index in [0.717, 1.165) is 6.54 Å². The van der Waals surface area contributed by atoms with Crippen LogP contribution in [0.15, 0.2) is 35.9 Å². The molecule has 2 aliphatic carbocycles. The lowest BCUT2D eigenvalue weighted by Gasteiger charge is -2.15. The van der Waals surface area contributed by atoms with Crippen molar-refractivity contribution in [2.24, 2.45) is 0 Å². The van der Waals surface area contributed by atoms with Crippen molar-refractivity contribution in [1.29, 1.82) is 0 Å². The van der Waals surface area contributed by atoms with Crippen molar-refractivity contribution < 1.29 is 0 Å². The summed E-state index contributed by atoms with van der Waals surface area (Å²) >= 11 is 0. The topological polar surface area (TPSA) is 12.0 Å². The highest BCUT2D eigenvalue weighted by molar-refractivity contribution is 5.33. The molecular formula is C17H23N. The maximum absolute atomic E-state index is 3.73. The first-order valence-corrected chi connectivity index (χ1v) is 7.40. The van der Waals surface area contributed by atoms with Gasteiger partial charge in [-0.2, -0.15) is 0 Å². The third kappa shape index (κ3) is 2.84. The van der Waals surface area contributed by atoms with Gasteiger partial charge < -0.3 is 5.32 Å². The number of rotatable bonds is 4. The van der Waals surface area contributed by atoms with Crippen LogP contribution in [0.4, 0.5) is 0 Å². The maximum atomic E-state index is 3.73. The molecule has 0 aliphatic heterocycles. The normalized spacial score (nSPS) is 19.7. The SMILES string of the molecule is C1=C(CCNC2Cc3ccccc3C2)CCCC1. The third-order valence-corrected chi connectivity index (χ3v) is 4.32. The fourth-order valence-corrected chi connectivity index (χ4v) is 3.27. The Balaban J connectivity index is 1.44. The molecule has 0 fully saturated rings. The quantitative estimate of drug-likeness (QED) is 0.794. The fourth-order valence-electron chi connectivity index (χ4n) is 3.27. The summed E-state index contributed by atoms with van der Waals surface area (Å²) in [6.45, 7) is 1.16. The molecule has 0 unspecified atom stereocenters. The van der Waals surface area contributed by atoms with Crippen LogP contribution in [0, 0.1) is 0 Å². The number of fused-ring (bicyclic) bond motifs is 1. The van der Waals surface area contributed by atoms with Gasteiger partial charge in [0.15, 0.2) is 0 Å². The smallest absolute Gasteiger partial charge is 0.0148 e. The molecule has 0 radical (unpaired) electrons. The molecular weight excluding hydrogens is 218 g/mol. The zero-order valence-corrected chi connectivity index (χ0v) is 11.1. The predicted molar refractivity (Wildman–Crippen MR) is 76.8 cm³/mol. The van der Waals surface area contributed by atoms with Gasteiger partial charge in [0.25, 0.3) is 0 Å². The number of benzene rings is 1. The van der Waals surface area contributed by atoms with Gasteiger partial charge in [-0.15, -0.1) is 0 Å². The van der Waals surface area contributed by atoms with E-state index in [4.69, 9.17) is 0 Å². The van der Waals surface area contributed by atoms with Gasteiger partial charge >= 0.3 is 0 Å². The summed E-state index contributed by atoms with van der Waals surface area (Å²) in [6, 6.07) is 9.55. The molecule has 18 heavy (non-hydrogen) atoms. The first-order valence-electron chi connectivity index (χ1n) is 7.40. The molecule has 0 spiro atoms. The summed E-state index contributed by atoms with van der Waals surface area (Å²) in [6.07, 6.45) is 11.6. The van der Waals surface area contributed by atoms with E-state index in [-0.39, 0.29) is 0 Å². The van der Waals surface area contributed by atoms with Crippen LogP contribution in [-0.4, -0.2) is 12.6 Å². The summed E-state index contributed by atoms with van der Waals surface area (Å²) in [5.41, 5.74) is 4.78. The minimum atomic E-state index is 0.673. The Morgan fingerprint density at radius 1 is 1.06 bits per heavy atom. The van der Waals surface area contributed by atoms with E-state index in [1.165, 1.54) is 44.9 Å². The number of nitrogens with one attached hydrogen (secondary N) is 1. The van der Waals surface area contributed by atoms with Gasteiger partial charge in [-0.1, -0.05) is 35.9 Å². The van der Waals surface area contributed by atoms with Crippen molar-refractivity contribution in [3.05, 3.63) is 47.0 Å². The molecule has 96 valence electrons. The van der Waals surface area contributed by atoms with Crippen LogP contribution in [0.25, 0.3) is 0 Å². The molecule has 0 bridgehead atoms. The second-order valence-corrected chi connectivity index (χ2v) is 5.69. The highest BCUT2D eigenvalue weighted by Gasteiger charge is 2.19. The van der Waals surface area contributed by atoms with Crippen molar-refractivity contribution in [1.82, 2.24) is 5.32 Å². The Bertz CT molecular complexity index is 408. The van der Waals surface area contributed by atoms with E-state index in [0.29, 0.717) is 6.04 Å². The van der Waals surface area contributed by atoms with Crippen molar-refractivity contribution >= 4 is 0 Å². The Labute approximate surface area is 110 Å². The zero-order chi connectivity index (χ0) is 12.2. The van der Waals surface area contributed by atoms with E-state index in [1.807, 2.05) is 0 Å². The van der Waals surface area contributed by atoms with Crippen molar-refractivity contribution in [3.63, 3.8) is 0 Å². The molecule has 1 aromatic carbocycles. The Hall–Kier alpha value is -1.08. The van der Waals surface area contributed by atoms with E-state index in [2.05, 4.69) is 35.7 Å². The molecule has 0 saturated heterocycles. The summed E-state index contributed by atoms with van der Waals surface area (Å²) < 4.78 is 0. The van der Waals surface area contributed by atoms with Crippen LogP contribution < -0.4 is 5.32 Å². The number of allylic oxidation sites excluding steroid dienone is 1. The van der Waals surface area contributed by atoms with E-state index in [1.54, 1.807) is 16.7 Å². The molecule has 1 heteroatoms. The number of hydrogen-bond acceptors (Lipinski definition) is 1. The monoisotopic (exact) mass is 241 g/mol. The fraction of sp³-hybridized carbons (Fsp3) is 0.529. The zero-order valence-electron chi connectivity index (χ0n) is 11.1. The molecule has 0 heterocycles. The standard InChI is InChI=1S/C17H23N/c1-2-6-14(7-3-1)10-11-18-17-12-15-8-4-5-9-16(15)13-17/h4-6,8-9,17-18H,1-3,7,10-13H2. The Morgan fingerprint density at radius 2 is 1.83 bits per heavy atom. The molecule has 1 nitrogen and oxygen atoms in total. The third-order valence-electron chi connectivity index (χ3n) is 4.32. The van der Waals surface area contributed by atoms with Crippen LogP contribution in [0.2, 0.25) is 0 Å². The Morgan fingerprint density at radius 3 is 2.50 bits per heavy atom. The Kier molecular flexibility index (Phi) is 3.80. The molecule has 1 aromatic rings. The second kappa shape index (κ2) is 5.71.